The third kappa shape index (κ3) is 2.41. The number of hydrogen-bond acceptors (Lipinski definition) is 3. The molecule has 7 heteroatoms. The Labute approximate surface area is 110 Å². The standard InChI is InChI=1S/C12H8F3N3S/c13-12(14,15)7-3-4-8-9(6-7)17-11(16-8)18-10-2-1-5-19-10/h1-6H,(H2,16,17,18). The Hall–Kier alpha value is -2.02. The molecule has 3 aromatic rings. The number of thiophene rings is 1. The van der Waals surface area contributed by atoms with Gasteiger partial charge in [0, 0.05) is 0 Å². The summed E-state index contributed by atoms with van der Waals surface area (Å²) in [5.74, 6) is 0.428. The first-order valence-corrected chi connectivity index (χ1v) is 6.28. The molecule has 1 aromatic carbocycles. The highest BCUT2D eigenvalue weighted by Crippen LogP contribution is 2.31. The van der Waals surface area contributed by atoms with E-state index in [1.165, 1.54) is 17.4 Å². The predicted octanol–water partition coefficient (Wildman–Crippen LogP) is 4.39. The van der Waals surface area contributed by atoms with Gasteiger partial charge in [-0.05, 0) is 35.7 Å². The number of alkyl halides is 3. The van der Waals surface area contributed by atoms with Crippen molar-refractivity contribution in [1.82, 2.24) is 9.97 Å². The monoisotopic (exact) mass is 283 g/mol. The van der Waals surface area contributed by atoms with Crippen LogP contribution in [0.4, 0.5) is 24.1 Å². The molecule has 98 valence electrons. The number of halogens is 3. The molecule has 0 aliphatic carbocycles. The van der Waals surface area contributed by atoms with Gasteiger partial charge in [0.2, 0.25) is 5.95 Å². The number of rotatable bonds is 2. The minimum Gasteiger partial charge on any atom is -0.324 e. The summed E-state index contributed by atoms with van der Waals surface area (Å²) in [6.45, 7) is 0. The topological polar surface area (TPSA) is 40.7 Å². The maximum absolute atomic E-state index is 12.6. The summed E-state index contributed by atoms with van der Waals surface area (Å²) in [4.78, 5) is 7.01. The minimum absolute atomic E-state index is 0.355. The predicted molar refractivity (Wildman–Crippen MR) is 68.7 cm³/mol. The van der Waals surface area contributed by atoms with Crippen LogP contribution in [0, 0.1) is 0 Å². The highest BCUT2D eigenvalue weighted by molar-refractivity contribution is 7.14. The maximum atomic E-state index is 12.6. The summed E-state index contributed by atoms with van der Waals surface area (Å²) >= 11 is 1.48. The van der Waals surface area contributed by atoms with Gasteiger partial charge in [0.25, 0.3) is 0 Å². The molecule has 2 heterocycles. The fraction of sp³-hybridized carbons (Fsp3) is 0.0833. The van der Waals surface area contributed by atoms with Crippen molar-refractivity contribution in [1.29, 1.82) is 0 Å². The zero-order valence-corrected chi connectivity index (χ0v) is 10.3. The lowest BCUT2D eigenvalue weighted by Crippen LogP contribution is -2.04. The van der Waals surface area contributed by atoms with Crippen LogP contribution in [0.25, 0.3) is 11.0 Å². The van der Waals surface area contributed by atoms with Gasteiger partial charge in [-0.25, -0.2) is 4.98 Å². The molecule has 0 unspecified atom stereocenters. The molecule has 0 saturated heterocycles. The first kappa shape index (κ1) is 12.0. The lowest BCUT2D eigenvalue weighted by Gasteiger charge is -2.05. The molecule has 0 fully saturated rings. The van der Waals surface area contributed by atoms with E-state index in [0.717, 1.165) is 17.1 Å². The number of H-pyrrole nitrogens is 1. The number of anilines is 2. The Bertz CT molecular complexity index is 701. The molecular weight excluding hydrogens is 275 g/mol. The maximum Gasteiger partial charge on any atom is 0.416 e. The average Bonchev–Trinajstić information content (AvgIpc) is 2.95. The molecule has 0 radical (unpaired) electrons. The van der Waals surface area contributed by atoms with E-state index in [9.17, 15) is 13.2 Å². The molecule has 2 N–H and O–H groups in total. The van der Waals surface area contributed by atoms with E-state index in [-0.39, 0.29) is 0 Å². The fourth-order valence-electron chi connectivity index (χ4n) is 1.71. The summed E-state index contributed by atoms with van der Waals surface area (Å²) in [6, 6.07) is 7.17. The number of imidazole rings is 1. The van der Waals surface area contributed by atoms with Crippen LogP contribution in [0.15, 0.2) is 35.7 Å². The highest BCUT2D eigenvalue weighted by Gasteiger charge is 2.30. The number of aromatic nitrogens is 2. The summed E-state index contributed by atoms with van der Waals surface area (Å²) in [5.41, 5.74) is 0.160. The minimum atomic E-state index is -4.35. The Kier molecular flexibility index (Phi) is 2.70. The van der Waals surface area contributed by atoms with E-state index >= 15 is 0 Å². The van der Waals surface area contributed by atoms with Crippen molar-refractivity contribution < 1.29 is 13.2 Å². The van der Waals surface area contributed by atoms with Crippen molar-refractivity contribution in [2.75, 3.05) is 5.32 Å². The molecule has 0 atom stereocenters. The lowest BCUT2D eigenvalue weighted by molar-refractivity contribution is -0.137. The average molecular weight is 283 g/mol. The van der Waals surface area contributed by atoms with Gasteiger partial charge in [-0.15, -0.1) is 11.3 Å². The van der Waals surface area contributed by atoms with Crippen LogP contribution >= 0.6 is 11.3 Å². The smallest absolute Gasteiger partial charge is 0.324 e. The number of aromatic amines is 1. The molecule has 3 nitrogen and oxygen atoms in total. The largest absolute Gasteiger partial charge is 0.416 e. The van der Waals surface area contributed by atoms with E-state index in [1.54, 1.807) is 0 Å². The van der Waals surface area contributed by atoms with Gasteiger partial charge in [-0.1, -0.05) is 0 Å². The number of benzene rings is 1. The van der Waals surface area contributed by atoms with Crippen molar-refractivity contribution in [3.63, 3.8) is 0 Å². The summed E-state index contributed by atoms with van der Waals surface area (Å²) < 4.78 is 37.7. The van der Waals surface area contributed by atoms with E-state index < -0.39 is 11.7 Å². The van der Waals surface area contributed by atoms with Crippen molar-refractivity contribution in [2.24, 2.45) is 0 Å². The molecule has 0 aliphatic rings. The quantitative estimate of drug-likeness (QED) is 0.732. The second-order valence-corrected chi connectivity index (χ2v) is 4.87. The second-order valence-electron chi connectivity index (χ2n) is 3.92. The number of nitrogens with zero attached hydrogens (tertiary/aromatic N) is 1. The van der Waals surface area contributed by atoms with Gasteiger partial charge >= 0.3 is 6.18 Å². The van der Waals surface area contributed by atoms with Crippen LogP contribution in [0.2, 0.25) is 0 Å². The second kappa shape index (κ2) is 4.27. The zero-order chi connectivity index (χ0) is 13.5. The molecule has 2 aromatic heterocycles. The van der Waals surface area contributed by atoms with Gasteiger partial charge in [0.1, 0.15) is 0 Å². The van der Waals surface area contributed by atoms with Crippen molar-refractivity contribution >= 4 is 33.3 Å². The molecule has 0 saturated carbocycles. The van der Waals surface area contributed by atoms with Crippen LogP contribution in [0.3, 0.4) is 0 Å². The molecule has 19 heavy (non-hydrogen) atoms. The number of hydrogen-bond donors (Lipinski definition) is 2. The SMILES string of the molecule is FC(F)(F)c1ccc2nc(Nc3cccs3)[nH]c2c1. The van der Waals surface area contributed by atoms with Crippen LogP contribution < -0.4 is 5.32 Å². The molecule has 3 rings (SSSR count). The highest BCUT2D eigenvalue weighted by atomic mass is 32.1. The Balaban J connectivity index is 1.97. The molecule has 0 aliphatic heterocycles. The van der Waals surface area contributed by atoms with Crippen LogP contribution in [-0.2, 0) is 6.18 Å². The van der Waals surface area contributed by atoms with E-state index in [4.69, 9.17) is 0 Å². The number of fused-ring (bicyclic) bond motifs is 1. The van der Waals surface area contributed by atoms with Gasteiger partial charge in [0.15, 0.2) is 0 Å². The van der Waals surface area contributed by atoms with E-state index in [1.807, 2.05) is 17.5 Å². The summed E-state index contributed by atoms with van der Waals surface area (Å²) in [7, 11) is 0. The normalized spacial score (nSPS) is 11.9. The van der Waals surface area contributed by atoms with Crippen LogP contribution in [0.1, 0.15) is 5.56 Å². The fourth-order valence-corrected chi connectivity index (χ4v) is 2.33. The van der Waals surface area contributed by atoms with E-state index in [0.29, 0.717) is 17.0 Å². The van der Waals surface area contributed by atoms with Gasteiger partial charge in [0.05, 0.1) is 21.6 Å². The zero-order valence-electron chi connectivity index (χ0n) is 9.45. The third-order valence-corrected chi connectivity index (χ3v) is 3.36. The lowest BCUT2D eigenvalue weighted by atomic mass is 10.2. The first-order valence-electron chi connectivity index (χ1n) is 5.40. The molecule has 0 spiro atoms. The van der Waals surface area contributed by atoms with Crippen molar-refractivity contribution in [2.45, 2.75) is 6.18 Å². The van der Waals surface area contributed by atoms with Gasteiger partial charge in [-0.2, -0.15) is 13.2 Å². The van der Waals surface area contributed by atoms with Gasteiger partial charge in [-0.3, -0.25) is 0 Å². The molecule has 0 bridgehead atoms. The third-order valence-electron chi connectivity index (χ3n) is 2.57. The van der Waals surface area contributed by atoms with E-state index in [2.05, 4.69) is 15.3 Å². The van der Waals surface area contributed by atoms with Crippen LogP contribution in [-0.4, -0.2) is 9.97 Å². The first-order chi connectivity index (χ1) is 9.02. The number of nitrogens with one attached hydrogen (secondary N) is 2. The molecular formula is C12H8F3N3S. The van der Waals surface area contributed by atoms with Gasteiger partial charge < -0.3 is 10.3 Å². The van der Waals surface area contributed by atoms with Crippen LogP contribution in [0.5, 0.6) is 0 Å². The molecule has 0 amide bonds. The summed E-state index contributed by atoms with van der Waals surface area (Å²) in [6.07, 6.45) is -4.35. The Morgan fingerprint density at radius 1 is 1.21 bits per heavy atom. The summed E-state index contributed by atoms with van der Waals surface area (Å²) in [5, 5.41) is 5.77. The Morgan fingerprint density at radius 2 is 2.05 bits per heavy atom. The van der Waals surface area contributed by atoms with Crippen molar-refractivity contribution in [3.8, 4) is 0 Å². The van der Waals surface area contributed by atoms with Crippen molar-refractivity contribution in [3.05, 3.63) is 41.3 Å². The Morgan fingerprint density at radius 3 is 2.74 bits per heavy atom.